The van der Waals surface area contributed by atoms with Crippen molar-refractivity contribution < 1.29 is 4.39 Å². The fraction of sp³-hybridized carbons (Fsp3) is 0.185. The van der Waals surface area contributed by atoms with Crippen molar-refractivity contribution in [3.05, 3.63) is 84.4 Å². The number of aromatic amines is 1. The van der Waals surface area contributed by atoms with Gasteiger partial charge in [-0.15, -0.1) is 0 Å². The van der Waals surface area contributed by atoms with E-state index in [9.17, 15) is 0 Å². The first-order valence-electron chi connectivity index (χ1n) is 11.5. The Balaban J connectivity index is 1.31. The van der Waals surface area contributed by atoms with Gasteiger partial charge in [0.1, 0.15) is 5.82 Å². The van der Waals surface area contributed by atoms with Crippen molar-refractivity contribution in [3.63, 3.8) is 0 Å². The van der Waals surface area contributed by atoms with E-state index < -0.39 is 0 Å². The van der Waals surface area contributed by atoms with Crippen LogP contribution in [0.3, 0.4) is 0 Å². The number of nitrogens with one attached hydrogen (secondary N) is 3. The monoisotopic (exact) mass is 452 g/mol. The quantitative estimate of drug-likeness (QED) is 0.348. The SMILES string of the molecule is Fc1cc(CN2CCNCC2)ccc1-c1ccc2nccc(Nc3ccc4[nH]ncc4c3)c2c1. The summed E-state index contributed by atoms with van der Waals surface area (Å²) >= 11 is 0. The molecule has 0 amide bonds. The van der Waals surface area contributed by atoms with Gasteiger partial charge >= 0.3 is 0 Å². The van der Waals surface area contributed by atoms with Crippen LogP contribution in [0.25, 0.3) is 32.9 Å². The smallest absolute Gasteiger partial charge is 0.131 e. The molecule has 6 rings (SSSR count). The number of fused-ring (bicyclic) bond motifs is 2. The summed E-state index contributed by atoms with van der Waals surface area (Å²) in [5, 5.41) is 15.9. The van der Waals surface area contributed by atoms with Crippen molar-refractivity contribution >= 4 is 33.2 Å². The normalized spacial score (nSPS) is 14.6. The lowest BCUT2D eigenvalue weighted by Gasteiger charge is -2.27. The maximum atomic E-state index is 15.2. The maximum Gasteiger partial charge on any atom is 0.131 e. The molecule has 0 radical (unpaired) electrons. The summed E-state index contributed by atoms with van der Waals surface area (Å²) in [6.07, 6.45) is 3.59. The molecule has 3 heterocycles. The van der Waals surface area contributed by atoms with Gasteiger partial charge in [0.05, 0.1) is 17.2 Å². The zero-order valence-electron chi connectivity index (χ0n) is 18.7. The molecule has 1 fully saturated rings. The standard InChI is InChI=1S/C27H25FN6/c28-24-13-18(17-34-11-9-29-10-12-34)1-4-22(24)19-2-5-26-23(15-19)27(7-8-30-26)32-21-3-6-25-20(14-21)16-31-33-25/h1-8,13-16,29H,9-12,17H2,(H,30,32)(H,31,33). The van der Waals surface area contributed by atoms with Crippen molar-refractivity contribution in [1.82, 2.24) is 25.4 Å². The summed E-state index contributed by atoms with van der Waals surface area (Å²) in [5.74, 6) is -0.198. The van der Waals surface area contributed by atoms with Crippen LogP contribution in [0.2, 0.25) is 0 Å². The highest BCUT2D eigenvalue weighted by atomic mass is 19.1. The predicted octanol–water partition coefficient (Wildman–Crippen LogP) is 5.07. The Kier molecular flexibility index (Phi) is 5.41. The molecular formula is C27H25FN6. The molecule has 3 aromatic carbocycles. The maximum absolute atomic E-state index is 15.2. The van der Waals surface area contributed by atoms with Crippen LogP contribution < -0.4 is 10.6 Å². The summed E-state index contributed by atoms with van der Waals surface area (Å²) < 4.78 is 15.2. The zero-order chi connectivity index (χ0) is 22.9. The molecule has 6 nitrogen and oxygen atoms in total. The number of halogens is 1. The zero-order valence-corrected chi connectivity index (χ0v) is 18.7. The van der Waals surface area contributed by atoms with Gasteiger partial charge in [-0.3, -0.25) is 15.0 Å². The second kappa shape index (κ2) is 8.85. The van der Waals surface area contributed by atoms with Gasteiger partial charge in [-0.1, -0.05) is 18.2 Å². The third-order valence-corrected chi connectivity index (χ3v) is 6.42. The molecule has 1 aliphatic heterocycles. The Morgan fingerprint density at radius 2 is 1.88 bits per heavy atom. The van der Waals surface area contributed by atoms with Gasteiger partial charge in [0.15, 0.2) is 0 Å². The highest BCUT2D eigenvalue weighted by Crippen LogP contribution is 2.32. The van der Waals surface area contributed by atoms with Crippen molar-refractivity contribution in [1.29, 1.82) is 0 Å². The molecule has 0 aliphatic carbocycles. The molecule has 0 saturated carbocycles. The second-order valence-corrected chi connectivity index (χ2v) is 8.73. The van der Waals surface area contributed by atoms with Crippen LogP contribution in [0.5, 0.6) is 0 Å². The minimum absolute atomic E-state index is 0.198. The number of hydrogen-bond donors (Lipinski definition) is 3. The molecule has 7 heteroatoms. The van der Waals surface area contributed by atoms with E-state index in [1.165, 1.54) is 0 Å². The minimum atomic E-state index is -0.198. The third kappa shape index (κ3) is 4.11. The van der Waals surface area contributed by atoms with Crippen LogP contribution in [0.1, 0.15) is 5.56 Å². The van der Waals surface area contributed by atoms with Crippen LogP contribution in [-0.2, 0) is 6.54 Å². The largest absolute Gasteiger partial charge is 0.355 e. The molecule has 0 unspecified atom stereocenters. The van der Waals surface area contributed by atoms with Crippen LogP contribution in [-0.4, -0.2) is 46.3 Å². The number of rotatable bonds is 5. The van der Waals surface area contributed by atoms with E-state index >= 15 is 4.39 Å². The second-order valence-electron chi connectivity index (χ2n) is 8.73. The Morgan fingerprint density at radius 3 is 2.76 bits per heavy atom. The van der Waals surface area contributed by atoms with Crippen molar-refractivity contribution in [2.45, 2.75) is 6.54 Å². The van der Waals surface area contributed by atoms with Crippen LogP contribution in [0.4, 0.5) is 15.8 Å². The summed E-state index contributed by atoms with van der Waals surface area (Å²) in [4.78, 5) is 6.85. The number of H-pyrrole nitrogens is 1. The Morgan fingerprint density at radius 1 is 0.971 bits per heavy atom. The number of anilines is 2. The molecule has 2 aromatic heterocycles. The van der Waals surface area contributed by atoms with Gasteiger partial charge in [0.25, 0.3) is 0 Å². The summed E-state index contributed by atoms with van der Waals surface area (Å²) in [7, 11) is 0. The van der Waals surface area contributed by atoms with Gasteiger partial charge in [0, 0.05) is 66.6 Å². The average molecular weight is 453 g/mol. The number of aromatic nitrogens is 3. The van der Waals surface area contributed by atoms with E-state index in [1.807, 2.05) is 54.6 Å². The lowest BCUT2D eigenvalue weighted by atomic mass is 10.0. The van der Waals surface area contributed by atoms with E-state index in [0.717, 1.165) is 77.0 Å². The lowest BCUT2D eigenvalue weighted by Crippen LogP contribution is -2.42. The fourth-order valence-electron chi connectivity index (χ4n) is 4.62. The number of piperazine rings is 1. The topological polar surface area (TPSA) is 68.9 Å². The van der Waals surface area contributed by atoms with Crippen molar-refractivity contribution in [2.75, 3.05) is 31.5 Å². The van der Waals surface area contributed by atoms with Crippen molar-refractivity contribution in [3.8, 4) is 11.1 Å². The van der Waals surface area contributed by atoms with Gasteiger partial charge < -0.3 is 10.6 Å². The molecule has 3 N–H and O–H groups in total. The van der Waals surface area contributed by atoms with Gasteiger partial charge in [0.2, 0.25) is 0 Å². The summed E-state index contributed by atoms with van der Waals surface area (Å²) in [6.45, 7) is 4.72. The molecule has 0 bridgehead atoms. The molecule has 1 aliphatic rings. The molecule has 5 aromatic rings. The van der Waals surface area contributed by atoms with E-state index in [-0.39, 0.29) is 5.82 Å². The molecule has 0 atom stereocenters. The molecule has 170 valence electrons. The van der Waals surface area contributed by atoms with Gasteiger partial charge in [-0.25, -0.2) is 4.39 Å². The van der Waals surface area contributed by atoms with E-state index in [1.54, 1.807) is 18.5 Å². The third-order valence-electron chi connectivity index (χ3n) is 6.42. The first kappa shape index (κ1) is 20.8. The van der Waals surface area contributed by atoms with Crippen LogP contribution >= 0.6 is 0 Å². The molecule has 1 saturated heterocycles. The molecular weight excluding hydrogens is 427 g/mol. The van der Waals surface area contributed by atoms with E-state index in [0.29, 0.717) is 5.56 Å². The number of benzene rings is 3. The van der Waals surface area contributed by atoms with Gasteiger partial charge in [-0.05, 0) is 53.6 Å². The van der Waals surface area contributed by atoms with E-state index in [2.05, 4.69) is 30.7 Å². The average Bonchev–Trinajstić information content (AvgIpc) is 3.33. The first-order valence-corrected chi connectivity index (χ1v) is 11.5. The Hall–Kier alpha value is -3.81. The highest BCUT2D eigenvalue weighted by Gasteiger charge is 2.13. The van der Waals surface area contributed by atoms with Gasteiger partial charge in [-0.2, -0.15) is 5.10 Å². The minimum Gasteiger partial charge on any atom is -0.355 e. The number of nitrogens with zero attached hydrogens (tertiary/aromatic N) is 3. The Labute approximate surface area is 196 Å². The summed E-state index contributed by atoms with van der Waals surface area (Å²) in [5.41, 5.74) is 6.15. The Bertz CT molecular complexity index is 1470. The fourth-order valence-corrected chi connectivity index (χ4v) is 4.62. The van der Waals surface area contributed by atoms with E-state index in [4.69, 9.17) is 0 Å². The predicted molar refractivity (Wildman–Crippen MR) is 135 cm³/mol. The first-order chi connectivity index (χ1) is 16.7. The summed E-state index contributed by atoms with van der Waals surface area (Å²) in [6, 6.07) is 19.5. The lowest BCUT2D eigenvalue weighted by molar-refractivity contribution is 0.233. The molecule has 0 spiro atoms. The van der Waals surface area contributed by atoms with Crippen LogP contribution in [0, 0.1) is 5.82 Å². The highest BCUT2D eigenvalue weighted by molar-refractivity contribution is 5.96. The number of hydrogen-bond acceptors (Lipinski definition) is 5. The number of pyridine rings is 1. The molecule has 34 heavy (non-hydrogen) atoms. The van der Waals surface area contributed by atoms with Crippen molar-refractivity contribution in [2.24, 2.45) is 0 Å². The van der Waals surface area contributed by atoms with Crippen LogP contribution in [0.15, 0.2) is 73.1 Å².